The predicted octanol–water partition coefficient (Wildman–Crippen LogP) is 2.01. The van der Waals surface area contributed by atoms with E-state index in [0.717, 1.165) is 18.4 Å². The van der Waals surface area contributed by atoms with Gasteiger partial charge >= 0.3 is 0 Å². The zero-order valence-corrected chi connectivity index (χ0v) is 6.38. The number of nitriles is 2. The second kappa shape index (κ2) is 3.21. The second-order valence-corrected chi connectivity index (χ2v) is 2.96. The third-order valence-corrected chi connectivity index (χ3v) is 2.13. The van der Waals surface area contributed by atoms with Gasteiger partial charge in [0.05, 0.1) is 24.0 Å². The fourth-order valence-corrected chi connectivity index (χ4v) is 1.41. The van der Waals surface area contributed by atoms with Gasteiger partial charge in [0.15, 0.2) is 0 Å². The highest BCUT2D eigenvalue weighted by Crippen LogP contribution is 2.31. The molecule has 0 aliphatic heterocycles. The van der Waals surface area contributed by atoms with Crippen LogP contribution in [0.25, 0.3) is 0 Å². The topological polar surface area (TPSA) is 47.6 Å². The monoisotopic (exact) mass is 146 g/mol. The van der Waals surface area contributed by atoms with E-state index in [4.69, 9.17) is 10.5 Å². The maximum Gasteiger partial charge on any atom is 0.0672 e. The lowest BCUT2D eigenvalue weighted by Crippen LogP contribution is -2.17. The molecule has 2 heteroatoms. The van der Waals surface area contributed by atoms with Crippen molar-refractivity contribution in [2.75, 3.05) is 0 Å². The van der Waals surface area contributed by atoms with Crippen molar-refractivity contribution in [2.45, 2.75) is 19.3 Å². The van der Waals surface area contributed by atoms with Gasteiger partial charge in [-0.3, -0.25) is 0 Å². The molecule has 2 atom stereocenters. The molecule has 1 saturated carbocycles. The van der Waals surface area contributed by atoms with E-state index in [1.165, 1.54) is 0 Å². The third kappa shape index (κ3) is 1.59. The first-order valence-corrected chi connectivity index (χ1v) is 3.74. The van der Waals surface area contributed by atoms with Gasteiger partial charge in [0, 0.05) is 0 Å². The number of hydrogen-bond donors (Lipinski definition) is 0. The summed E-state index contributed by atoms with van der Waals surface area (Å²) in [7, 11) is 0. The lowest BCUT2D eigenvalue weighted by atomic mass is 9.79. The van der Waals surface area contributed by atoms with Crippen LogP contribution in [0.2, 0.25) is 0 Å². The molecule has 0 saturated heterocycles. The highest BCUT2D eigenvalue weighted by molar-refractivity contribution is 5.11. The van der Waals surface area contributed by atoms with Gasteiger partial charge in [-0.2, -0.15) is 10.5 Å². The molecule has 1 fully saturated rings. The van der Waals surface area contributed by atoms with E-state index in [-0.39, 0.29) is 11.8 Å². The van der Waals surface area contributed by atoms with E-state index in [1.54, 1.807) is 0 Å². The summed E-state index contributed by atoms with van der Waals surface area (Å²) in [6, 6.07) is 4.31. The maximum absolute atomic E-state index is 8.67. The molecule has 0 radical (unpaired) electrons. The second-order valence-electron chi connectivity index (χ2n) is 2.96. The van der Waals surface area contributed by atoms with Crippen LogP contribution in [0.5, 0.6) is 0 Å². The van der Waals surface area contributed by atoms with Crippen LogP contribution in [0.4, 0.5) is 0 Å². The van der Waals surface area contributed by atoms with Gasteiger partial charge in [-0.05, 0) is 19.3 Å². The van der Waals surface area contributed by atoms with Crippen LogP contribution in [-0.2, 0) is 0 Å². The van der Waals surface area contributed by atoms with Crippen LogP contribution in [-0.4, -0.2) is 0 Å². The van der Waals surface area contributed by atoms with Gasteiger partial charge < -0.3 is 0 Å². The van der Waals surface area contributed by atoms with Crippen LogP contribution < -0.4 is 0 Å². The van der Waals surface area contributed by atoms with E-state index in [2.05, 4.69) is 18.7 Å². The molecule has 0 spiro atoms. The van der Waals surface area contributed by atoms with E-state index in [9.17, 15) is 0 Å². The van der Waals surface area contributed by atoms with Crippen LogP contribution in [0.1, 0.15) is 19.3 Å². The molecule has 1 aliphatic rings. The van der Waals surface area contributed by atoms with Gasteiger partial charge in [-0.1, -0.05) is 12.2 Å². The lowest BCUT2D eigenvalue weighted by Gasteiger charge is -2.22. The maximum atomic E-state index is 8.67. The van der Waals surface area contributed by atoms with E-state index in [0.29, 0.717) is 6.42 Å². The Kier molecular flexibility index (Phi) is 2.28. The summed E-state index contributed by atoms with van der Waals surface area (Å²) in [5.74, 6) is -0.174. The van der Waals surface area contributed by atoms with Crippen molar-refractivity contribution in [3.63, 3.8) is 0 Å². The molecular weight excluding hydrogens is 136 g/mol. The summed E-state index contributed by atoms with van der Waals surface area (Å²) in [4.78, 5) is 0. The smallest absolute Gasteiger partial charge is 0.0672 e. The van der Waals surface area contributed by atoms with Crippen molar-refractivity contribution >= 4 is 0 Å². The fraction of sp³-hybridized carbons (Fsp3) is 0.556. The number of allylic oxidation sites excluding steroid dienone is 1. The molecular formula is C9H10N2. The molecule has 0 N–H and O–H groups in total. The van der Waals surface area contributed by atoms with Crippen molar-refractivity contribution in [3.8, 4) is 12.1 Å². The lowest BCUT2D eigenvalue weighted by molar-refractivity contribution is 0.412. The SMILES string of the molecule is C=C1CCC(C#N)C(C#N)C1. The Labute approximate surface area is 66.7 Å². The zero-order valence-electron chi connectivity index (χ0n) is 6.38. The fourth-order valence-electron chi connectivity index (χ4n) is 1.41. The Hall–Kier alpha value is -1.28. The normalized spacial score (nSPS) is 30.5. The summed E-state index contributed by atoms with van der Waals surface area (Å²) in [6.45, 7) is 3.82. The van der Waals surface area contributed by atoms with Crippen LogP contribution >= 0.6 is 0 Å². The van der Waals surface area contributed by atoms with E-state index >= 15 is 0 Å². The van der Waals surface area contributed by atoms with Crippen molar-refractivity contribution in [2.24, 2.45) is 11.8 Å². The molecule has 56 valence electrons. The van der Waals surface area contributed by atoms with Crippen LogP contribution in [0.3, 0.4) is 0 Å². The molecule has 0 aromatic carbocycles. The van der Waals surface area contributed by atoms with Crippen LogP contribution in [0, 0.1) is 34.5 Å². The van der Waals surface area contributed by atoms with Crippen LogP contribution in [0.15, 0.2) is 12.2 Å². The largest absolute Gasteiger partial charge is 0.198 e. The number of nitrogens with zero attached hydrogens (tertiary/aromatic N) is 2. The minimum Gasteiger partial charge on any atom is -0.198 e. The Balaban J connectivity index is 2.66. The number of rotatable bonds is 0. The Morgan fingerprint density at radius 2 is 1.91 bits per heavy atom. The molecule has 0 bridgehead atoms. The summed E-state index contributed by atoms with van der Waals surface area (Å²) in [5, 5.41) is 17.3. The Morgan fingerprint density at radius 3 is 2.45 bits per heavy atom. The highest BCUT2D eigenvalue weighted by Gasteiger charge is 2.25. The minimum atomic E-state index is -0.110. The van der Waals surface area contributed by atoms with Gasteiger partial charge in [0.1, 0.15) is 0 Å². The van der Waals surface area contributed by atoms with Gasteiger partial charge in [0.2, 0.25) is 0 Å². The van der Waals surface area contributed by atoms with E-state index in [1.807, 2.05) is 0 Å². The molecule has 1 aliphatic carbocycles. The quantitative estimate of drug-likeness (QED) is 0.491. The van der Waals surface area contributed by atoms with Gasteiger partial charge in [-0.15, -0.1) is 0 Å². The van der Waals surface area contributed by atoms with Crippen molar-refractivity contribution in [3.05, 3.63) is 12.2 Å². The van der Waals surface area contributed by atoms with Crippen molar-refractivity contribution in [1.29, 1.82) is 10.5 Å². The summed E-state index contributed by atoms with van der Waals surface area (Å²) >= 11 is 0. The molecule has 2 unspecified atom stereocenters. The van der Waals surface area contributed by atoms with Crippen molar-refractivity contribution in [1.82, 2.24) is 0 Å². The van der Waals surface area contributed by atoms with E-state index < -0.39 is 0 Å². The molecule has 0 aromatic rings. The first-order chi connectivity index (χ1) is 5.27. The average molecular weight is 146 g/mol. The summed E-state index contributed by atoms with van der Waals surface area (Å²) < 4.78 is 0. The molecule has 2 nitrogen and oxygen atoms in total. The molecule has 11 heavy (non-hydrogen) atoms. The van der Waals surface area contributed by atoms with Crippen molar-refractivity contribution < 1.29 is 0 Å². The zero-order chi connectivity index (χ0) is 8.27. The molecule has 1 rings (SSSR count). The predicted molar refractivity (Wildman–Crippen MR) is 41.2 cm³/mol. The Morgan fingerprint density at radius 1 is 1.27 bits per heavy atom. The summed E-state index contributed by atoms with van der Waals surface area (Å²) in [5.41, 5.74) is 1.11. The third-order valence-electron chi connectivity index (χ3n) is 2.13. The Bertz CT molecular complexity index is 241. The standard InChI is InChI=1S/C9H10N2/c1-7-2-3-8(5-10)9(4-7)6-11/h8-9H,1-4H2. The average Bonchev–Trinajstić information content (AvgIpc) is 2.04. The summed E-state index contributed by atoms with van der Waals surface area (Å²) in [6.07, 6.45) is 2.44. The first-order valence-electron chi connectivity index (χ1n) is 3.74. The minimum absolute atomic E-state index is 0.0644. The number of hydrogen-bond acceptors (Lipinski definition) is 2. The van der Waals surface area contributed by atoms with Gasteiger partial charge in [-0.25, -0.2) is 0 Å². The highest BCUT2D eigenvalue weighted by atomic mass is 14.4. The molecule has 0 heterocycles. The molecule has 0 amide bonds. The van der Waals surface area contributed by atoms with Gasteiger partial charge in [0.25, 0.3) is 0 Å². The first kappa shape index (κ1) is 7.82. The molecule has 0 aromatic heterocycles.